The van der Waals surface area contributed by atoms with Gasteiger partial charge in [0.15, 0.2) is 0 Å². The van der Waals surface area contributed by atoms with Crippen LogP contribution < -0.4 is 5.32 Å². The lowest BCUT2D eigenvalue weighted by molar-refractivity contribution is 0.448. The van der Waals surface area contributed by atoms with E-state index >= 15 is 0 Å². The highest BCUT2D eigenvalue weighted by Crippen LogP contribution is 2.08. The summed E-state index contributed by atoms with van der Waals surface area (Å²) in [6.07, 6.45) is 8.12. The van der Waals surface area contributed by atoms with E-state index in [0.29, 0.717) is 6.04 Å². The second kappa shape index (κ2) is 8.24. The average molecular weight is 234 g/mol. The molecular formula is C15H26N2. The Labute approximate surface area is 106 Å². The van der Waals surface area contributed by atoms with Gasteiger partial charge in [-0.1, -0.05) is 26.3 Å². The monoisotopic (exact) mass is 234 g/mol. The van der Waals surface area contributed by atoms with Crippen molar-refractivity contribution in [3.63, 3.8) is 0 Å². The van der Waals surface area contributed by atoms with Crippen LogP contribution in [0.3, 0.4) is 0 Å². The van der Waals surface area contributed by atoms with Gasteiger partial charge in [-0.05, 0) is 50.8 Å². The summed E-state index contributed by atoms with van der Waals surface area (Å²) in [6.45, 7) is 7.65. The third-order valence-electron chi connectivity index (χ3n) is 3.07. The molecule has 0 aliphatic carbocycles. The fraction of sp³-hybridized carbons (Fsp3) is 0.667. The number of aromatic nitrogens is 1. The molecule has 0 saturated heterocycles. The maximum Gasteiger partial charge on any atom is 0.0372 e. The standard InChI is InChI=1S/C15H26N2/c1-4-6-15(16-11-5-2)10-9-14-8-7-13(3)17-12-14/h7-8,12,15-16H,4-6,9-11H2,1-3H3. The molecule has 1 unspecified atom stereocenters. The zero-order valence-corrected chi connectivity index (χ0v) is 11.5. The molecule has 0 fully saturated rings. The van der Waals surface area contributed by atoms with Gasteiger partial charge >= 0.3 is 0 Å². The summed E-state index contributed by atoms with van der Waals surface area (Å²) in [5, 5.41) is 3.63. The summed E-state index contributed by atoms with van der Waals surface area (Å²) >= 11 is 0. The van der Waals surface area contributed by atoms with Crippen LogP contribution in [0.15, 0.2) is 18.3 Å². The Morgan fingerprint density at radius 2 is 2.00 bits per heavy atom. The second-order valence-corrected chi connectivity index (χ2v) is 4.79. The number of pyridine rings is 1. The first-order valence-corrected chi connectivity index (χ1v) is 6.91. The van der Waals surface area contributed by atoms with Crippen LogP contribution in [0.5, 0.6) is 0 Å². The highest BCUT2D eigenvalue weighted by Gasteiger charge is 2.06. The van der Waals surface area contributed by atoms with Gasteiger partial charge in [-0.25, -0.2) is 0 Å². The average Bonchev–Trinajstić information content (AvgIpc) is 2.35. The molecule has 96 valence electrons. The lowest BCUT2D eigenvalue weighted by atomic mass is 10.0. The highest BCUT2D eigenvalue weighted by atomic mass is 14.9. The molecule has 0 radical (unpaired) electrons. The highest BCUT2D eigenvalue weighted by molar-refractivity contribution is 5.13. The minimum Gasteiger partial charge on any atom is -0.314 e. The molecule has 0 amide bonds. The van der Waals surface area contributed by atoms with Crippen LogP contribution in [0, 0.1) is 6.92 Å². The van der Waals surface area contributed by atoms with Crippen LogP contribution in [0.2, 0.25) is 0 Å². The van der Waals surface area contributed by atoms with Crippen LogP contribution in [-0.2, 0) is 6.42 Å². The lowest BCUT2D eigenvalue weighted by Gasteiger charge is -2.17. The molecule has 0 aliphatic heterocycles. The lowest BCUT2D eigenvalue weighted by Crippen LogP contribution is -2.30. The fourth-order valence-corrected chi connectivity index (χ4v) is 2.03. The van der Waals surface area contributed by atoms with E-state index in [1.165, 1.54) is 31.2 Å². The van der Waals surface area contributed by atoms with Crippen molar-refractivity contribution in [2.45, 2.75) is 58.9 Å². The van der Waals surface area contributed by atoms with Gasteiger partial charge in [0.2, 0.25) is 0 Å². The molecule has 1 N–H and O–H groups in total. The smallest absolute Gasteiger partial charge is 0.0372 e. The molecule has 1 rings (SSSR count). The van der Waals surface area contributed by atoms with Crippen LogP contribution in [0.1, 0.15) is 50.8 Å². The summed E-state index contributed by atoms with van der Waals surface area (Å²) in [6, 6.07) is 4.97. The third kappa shape index (κ3) is 5.83. The Kier molecular flexibility index (Phi) is 6.87. The fourth-order valence-electron chi connectivity index (χ4n) is 2.03. The van der Waals surface area contributed by atoms with Gasteiger partial charge in [0.05, 0.1) is 0 Å². The van der Waals surface area contributed by atoms with E-state index < -0.39 is 0 Å². The van der Waals surface area contributed by atoms with Crippen molar-refractivity contribution in [2.75, 3.05) is 6.54 Å². The maximum absolute atomic E-state index is 4.34. The van der Waals surface area contributed by atoms with Gasteiger partial charge in [-0.15, -0.1) is 0 Å². The van der Waals surface area contributed by atoms with E-state index in [9.17, 15) is 0 Å². The van der Waals surface area contributed by atoms with Crippen molar-refractivity contribution >= 4 is 0 Å². The molecule has 1 aromatic heterocycles. The molecule has 17 heavy (non-hydrogen) atoms. The van der Waals surface area contributed by atoms with E-state index in [4.69, 9.17) is 0 Å². The van der Waals surface area contributed by atoms with Crippen LogP contribution in [-0.4, -0.2) is 17.6 Å². The molecule has 2 nitrogen and oxygen atoms in total. The molecule has 2 heteroatoms. The van der Waals surface area contributed by atoms with Gasteiger partial charge in [-0.3, -0.25) is 4.98 Å². The largest absolute Gasteiger partial charge is 0.314 e. The molecule has 0 bridgehead atoms. The summed E-state index contributed by atoms with van der Waals surface area (Å²) < 4.78 is 0. The Balaban J connectivity index is 2.37. The molecule has 0 saturated carbocycles. The van der Waals surface area contributed by atoms with Crippen molar-refractivity contribution in [3.8, 4) is 0 Å². The quantitative estimate of drug-likeness (QED) is 0.745. The predicted molar refractivity (Wildman–Crippen MR) is 74.3 cm³/mol. The van der Waals surface area contributed by atoms with Gasteiger partial charge < -0.3 is 5.32 Å². The summed E-state index contributed by atoms with van der Waals surface area (Å²) in [7, 11) is 0. The van der Waals surface area contributed by atoms with E-state index in [2.05, 4.69) is 36.3 Å². The zero-order valence-electron chi connectivity index (χ0n) is 11.5. The van der Waals surface area contributed by atoms with Gasteiger partial charge in [0.1, 0.15) is 0 Å². The van der Waals surface area contributed by atoms with Crippen molar-refractivity contribution in [2.24, 2.45) is 0 Å². The molecule has 0 aromatic carbocycles. The number of rotatable bonds is 8. The molecule has 1 heterocycles. The van der Waals surface area contributed by atoms with Crippen molar-refractivity contribution in [1.29, 1.82) is 0 Å². The van der Waals surface area contributed by atoms with E-state index in [0.717, 1.165) is 18.7 Å². The zero-order chi connectivity index (χ0) is 12.5. The van der Waals surface area contributed by atoms with Crippen LogP contribution in [0.4, 0.5) is 0 Å². The van der Waals surface area contributed by atoms with E-state index in [-0.39, 0.29) is 0 Å². The first-order valence-electron chi connectivity index (χ1n) is 6.91. The molecule has 0 spiro atoms. The maximum atomic E-state index is 4.34. The molecular weight excluding hydrogens is 208 g/mol. The number of aryl methyl sites for hydroxylation is 2. The van der Waals surface area contributed by atoms with E-state index in [1.54, 1.807) is 0 Å². The first kappa shape index (κ1) is 14.2. The second-order valence-electron chi connectivity index (χ2n) is 4.79. The van der Waals surface area contributed by atoms with Gasteiger partial charge in [0, 0.05) is 17.9 Å². The number of nitrogens with zero attached hydrogens (tertiary/aromatic N) is 1. The van der Waals surface area contributed by atoms with Crippen molar-refractivity contribution < 1.29 is 0 Å². The topological polar surface area (TPSA) is 24.9 Å². The molecule has 1 atom stereocenters. The first-order chi connectivity index (χ1) is 8.26. The third-order valence-corrected chi connectivity index (χ3v) is 3.07. The van der Waals surface area contributed by atoms with Crippen LogP contribution in [0.25, 0.3) is 0 Å². The van der Waals surface area contributed by atoms with Crippen molar-refractivity contribution in [3.05, 3.63) is 29.6 Å². The minimum atomic E-state index is 0.668. The van der Waals surface area contributed by atoms with E-state index in [1.807, 2.05) is 13.1 Å². The SMILES string of the molecule is CCCNC(CCC)CCc1ccc(C)nc1. The molecule has 1 aromatic rings. The normalized spacial score (nSPS) is 12.6. The predicted octanol–water partition coefficient (Wildman–Crippen LogP) is 3.49. The van der Waals surface area contributed by atoms with Gasteiger partial charge in [0.25, 0.3) is 0 Å². The Bertz CT molecular complexity index is 292. The number of hydrogen-bond donors (Lipinski definition) is 1. The summed E-state index contributed by atoms with van der Waals surface area (Å²) in [5.74, 6) is 0. The summed E-state index contributed by atoms with van der Waals surface area (Å²) in [5.41, 5.74) is 2.46. The Morgan fingerprint density at radius 1 is 1.18 bits per heavy atom. The minimum absolute atomic E-state index is 0.668. The number of nitrogens with one attached hydrogen (secondary N) is 1. The number of hydrogen-bond acceptors (Lipinski definition) is 2. The molecule has 0 aliphatic rings. The van der Waals surface area contributed by atoms with Crippen LogP contribution >= 0.6 is 0 Å². The van der Waals surface area contributed by atoms with Gasteiger partial charge in [-0.2, -0.15) is 0 Å². The summed E-state index contributed by atoms with van der Waals surface area (Å²) in [4.78, 5) is 4.34. The Morgan fingerprint density at radius 3 is 2.59 bits per heavy atom. The Hall–Kier alpha value is -0.890. The van der Waals surface area contributed by atoms with Crippen molar-refractivity contribution in [1.82, 2.24) is 10.3 Å².